The van der Waals surface area contributed by atoms with E-state index in [9.17, 15) is 14.7 Å². The van der Waals surface area contributed by atoms with Crippen LogP contribution in [-0.2, 0) is 16.1 Å². The standard InChI is InChI=1S/C32H27N3O5/c1-34-15-16-39-27-13-12-23(18-26(27)34)30(36)28-29(35(32(38)31(28)37)20-21-7-6-14-33-19-21)22-8-5-11-25(17-22)40-24-9-3-2-4-10-24/h2-14,17-19,29,36H,15-16,20H2,1H3/b30-28-. The summed E-state index contributed by atoms with van der Waals surface area (Å²) in [7, 11) is 1.94. The number of rotatable bonds is 6. The summed E-state index contributed by atoms with van der Waals surface area (Å²) in [6, 6.07) is 24.6. The number of hydrogen-bond acceptors (Lipinski definition) is 7. The monoisotopic (exact) mass is 533 g/mol. The summed E-state index contributed by atoms with van der Waals surface area (Å²) in [5, 5.41) is 11.6. The Hall–Kier alpha value is -5.11. The number of likely N-dealkylation sites (N-methyl/N-ethyl adjacent to an activating group) is 1. The van der Waals surface area contributed by atoms with Crippen molar-refractivity contribution in [3.8, 4) is 17.2 Å². The number of fused-ring (bicyclic) bond motifs is 1. The largest absolute Gasteiger partial charge is 0.507 e. The van der Waals surface area contributed by atoms with Gasteiger partial charge in [-0.05, 0) is 59.7 Å². The fourth-order valence-corrected chi connectivity index (χ4v) is 5.10. The van der Waals surface area contributed by atoms with Gasteiger partial charge < -0.3 is 24.4 Å². The number of nitrogens with zero attached hydrogens (tertiary/aromatic N) is 3. The van der Waals surface area contributed by atoms with E-state index in [4.69, 9.17) is 9.47 Å². The second kappa shape index (κ2) is 10.6. The maximum atomic E-state index is 13.5. The summed E-state index contributed by atoms with van der Waals surface area (Å²) in [6.45, 7) is 1.40. The van der Waals surface area contributed by atoms with Gasteiger partial charge in [0.15, 0.2) is 0 Å². The molecule has 1 unspecified atom stereocenters. The van der Waals surface area contributed by atoms with Crippen LogP contribution in [0.1, 0.15) is 22.7 Å². The molecule has 40 heavy (non-hydrogen) atoms. The van der Waals surface area contributed by atoms with Gasteiger partial charge in [0.05, 0.1) is 23.8 Å². The number of likely N-dealkylation sites (tertiary alicyclic amines) is 1. The molecule has 4 aromatic rings. The smallest absolute Gasteiger partial charge is 0.295 e. The van der Waals surface area contributed by atoms with E-state index in [1.165, 1.54) is 4.90 Å². The van der Waals surface area contributed by atoms with Crippen molar-refractivity contribution in [2.24, 2.45) is 0 Å². The normalized spacial score (nSPS) is 17.9. The highest BCUT2D eigenvalue weighted by Crippen LogP contribution is 2.42. The summed E-state index contributed by atoms with van der Waals surface area (Å²) < 4.78 is 11.8. The topological polar surface area (TPSA) is 92.2 Å². The van der Waals surface area contributed by atoms with Crippen molar-refractivity contribution < 1.29 is 24.2 Å². The Balaban J connectivity index is 1.46. The van der Waals surface area contributed by atoms with E-state index < -0.39 is 17.7 Å². The highest BCUT2D eigenvalue weighted by molar-refractivity contribution is 6.46. The second-order valence-electron chi connectivity index (χ2n) is 9.73. The van der Waals surface area contributed by atoms with Crippen molar-refractivity contribution in [2.75, 3.05) is 25.1 Å². The zero-order valence-electron chi connectivity index (χ0n) is 21.9. The molecule has 0 bridgehead atoms. The number of anilines is 1. The molecule has 0 spiro atoms. The Morgan fingerprint density at radius 3 is 2.62 bits per heavy atom. The number of pyridine rings is 1. The lowest BCUT2D eigenvalue weighted by Crippen LogP contribution is -2.29. The van der Waals surface area contributed by atoms with Gasteiger partial charge in [-0.15, -0.1) is 0 Å². The number of amides is 1. The first-order valence-corrected chi connectivity index (χ1v) is 13.0. The maximum Gasteiger partial charge on any atom is 0.295 e. The van der Waals surface area contributed by atoms with Crippen LogP contribution in [0.25, 0.3) is 5.76 Å². The first-order chi connectivity index (χ1) is 19.5. The van der Waals surface area contributed by atoms with Gasteiger partial charge in [-0.1, -0.05) is 36.4 Å². The number of aliphatic hydroxyl groups is 1. The highest BCUT2D eigenvalue weighted by Gasteiger charge is 2.46. The number of para-hydroxylation sites is 1. The minimum atomic E-state index is -0.843. The van der Waals surface area contributed by atoms with Gasteiger partial charge in [-0.2, -0.15) is 0 Å². The molecule has 0 radical (unpaired) electrons. The van der Waals surface area contributed by atoms with Crippen LogP contribution in [0.3, 0.4) is 0 Å². The minimum Gasteiger partial charge on any atom is -0.507 e. The number of hydrogen-bond donors (Lipinski definition) is 1. The average molecular weight is 534 g/mol. The molecule has 3 aromatic carbocycles. The molecular weight excluding hydrogens is 506 g/mol. The number of Topliss-reactive ketones (excluding diaryl/α,β-unsaturated/α-hetero) is 1. The van der Waals surface area contributed by atoms with Crippen LogP contribution in [0.15, 0.2) is 103 Å². The zero-order chi connectivity index (χ0) is 27.6. The second-order valence-corrected chi connectivity index (χ2v) is 9.73. The number of aromatic nitrogens is 1. The third-order valence-corrected chi connectivity index (χ3v) is 7.10. The molecule has 8 nitrogen and oxygen atoms in total. The number of aliphatic hydroxyl groups excluding tert-OH is 1. The molecule has 3 heterocycles. The van der Waals surface area contributed by atoms with Crippen molar-refractivity contribution >= 4 is 23.1 Å². The first kappa shape index (κ1) is 25.2. The van der Waals surface area contributed by atoms with Crippen LogP contribution >= 0.6 is 0 Å². The molecule has 1 saturated heterocycles. The van der Waals surface area contributed by atoms with Crippen molar-refractivity contribution in [3.05, 3.63) is 120 Å². The van der Waals surface area contributed by atoms with Gasteiger partial charge in [-0.3, -0.25) is 14.6 Å². The maximum absolute atomic E-state index is 13.5. The zero-order valence-corrected chi connectivity index (χ0v) is 21.9. The van der Waals surface area contributed by atoms with Crippen molar-refractivity contribution in [1.82, 2.24) is 9.88 Å². The van der Waals surface area contributed by atoms with Gasteiger partial charge in [-0.25, -0.2) is 0 Å². The van der Waals surface area contributed by atoms with Crippen LogP contribution in [0.4, 0.5) is 5.69 Å². The minimum absolute atomic E-state index is 0.0186. The van der Waals surface area contributed by atoms with Crippen LogP contribution in [0.5, 0.6) is 17.2 Å². The van der Waals surface area contributed by atoms with Gasteiger partial charge in [0.1, 0.15) is 29.6 Å². The van der Waals surface area contributed by atoms with E-state index in [0.29, 0.717) is 41.5 Å². The SMILES string of the molecule is CN1CCOc2ccc(/C(O)=C3/C(=O)C(=O)N(Cc4cccnc4)C3c3cccc(Oc4ccccc4)c3)cc21. The van der Waals surface area contributed by atoms with E-state index in [2.05, 4.69) is 4.98 Å². The van der Waals surface area contributed by atoms with E-state index in [1.54, 1.807) is 42.7 Å². The van der Waals surface area contributed by atoms with E-state index in [-0.39, 0.29) is 17.9 Å². The molecular formula is C32H27N3O5. The van der Waals surface area contributed by atoms with Crippen molar-refractivity contribution in [3.63, 3.8) is 0 Å². The molecule has 1 fully saturated rings. The summed E-state index contributed by atoms with van der Waals surface area (Å²) in [5.41, 5.74) is 2.65. The average Bonchev–Trinajstić information content (AvgIpc) is 3.23. The van der Waals surface area contributed by atoms with Gasteiger partial charge in [0.2, 0.25) is 0 Å². The molecule has 1 atom stereocenters. The molecule has 8 heteroatoms. The molecule has 200 valence electrons. The lowest BCUT2D eigenvalue weighted by molar-refractivity contribution is -0.140. The molecule has 0 aliphatic carbocycles. The fraction of sp³-hybridized carbons (Fsp3) is 0.156. The number of carbonyl (C=O) groups excluding carboxylic acids is 2. The Kier molecular flexibility index (Phi) is 6.66. The predicted molar refractivity (Wildman–Crippen MR) is 150 cm³/mol. The fourth-order valence-electron chi connectivity index (χ4n) is 5.10. The summed E-state index contributed by atoms with van der Waals surface area (Å²) in [5.74, 6) is 0.219. The van der Waals surface area contributed by atoms with Crippen molar-refractivity contribution in [1.29, 1.82) is 0 Å². The summed E-state index contributed by atoms with van der Waals surface area (Å²) in [4.78, 5) is 34.7. The third kappa shape index (κ3) is 4.75. The van der Waals surface area contributed by atoms with Crippen LogP contribution < -0.4 is 14.4 Å². The Morgan fingerprint density at radius 2 is 1.82 bits per heavy atom. The Morgan fingerprint density at radius 1 is 1.00 bits per heavy atom. The quantitative estimate of drug-likeness (QED) is 0.204. The van der Waals surface area contributed by atoms with Crippen molar-refractivity contribution in [2.45, 2.75) is 12.6 Å². The molecule has 6 rings (SSSR count). The predicted octanol–water partition coefficient (Wildman–Crippen LogP) is 5.32. The van der Waals surface area contributed by atoms with E-state index in [0.717, 1.165) is 11.3 Å². The molecule has 1 N–H and O–H groups in total. The van der Waals surface area contributed by atoms with Crippen LogP contribution in [0, 0.1) is 0 Å². The molecule has 2 aliphatic heterocycles. The van der Waals surface area contributed by atoms with E-state index in [1.807, 2.05) is 66.5 Å². The van der Waals surface area contributed by atoms with E-state index >= 15 is 0 Å². The van der Waals surface area contributed by atoms with Crippen LogP contribution in [-0.4, -0.2) is 46.9 Å². The number of ketones is 1. The highest BCUT2D eigenvalue weighted by atomic mass is 16.5. The van der Waals surface area contributed by atoms with Crippen LogP contribution in [0.2, 0.25) is 0 Å². The molecule has 1 aromatic heterocycles. The lowest BCUT2D eigenvalue weighted by atomic mass is 9.94. The Labute approximate surface area is 231 Å². The number of benzene rings is 3. The lowest BCUT2D eigenvalue weighted by Gasteiger charge is -2.28. The Bertz CT molecular complexity index is 1600. The van der Waals surface area contributed by atoms with Gasteiger partial charge in [0.25, 0.3) is 11.7 Å². The first-order valence-electron chi connectivity index (χ1n) is 13.0. The van der Waals surface area contributed by atoms with Gasteiger partial charge in [0, 0.05) is 31.5 Å². The van der Waals surface area contributed by atoms with Gasteiger partial charge >= 0.3 is 0 Å². The summed E-state index contributed by atoms with van der Waals surface area (Å²) >= 11 is 0. The number of carbonyl (C=O) groups is 2. The molecule has 2 aliphatic rings. The molecule has 1 amide bonds. The third-order valence-electron chi connectivity index (χ3n) is 7.10. The summed E-state index contributed by atoms with van der Waals surface area (Å²) in [6.07, 6.45) is 3.31. The molecule has 0 saturated carbocycles. The number of ether oxygens (including phenoxy) is 2.